The van der Waals surface area contributed by atoms with E-state index in [9.17, 15) is 9.90 Å². The van der Waals surface area contributed by atoms with Gasteiger partial charge < -0.3 is 14.9 Å². The van der Waals surface area contributed by atoms with Crippen LogP contribution in [0, 0.1) is 12.8 Å². The van der Waals surface area contributed by atoms with Crippen molar-refractivity contribution in [1.29, 1.82) is 0 Å². The molecule has 1 aliphatic heterocycles. The molecule has 2 unspecified atom stereocenters. The lowest BCUT2D eigenvalue weighted by Gasteiger charge is -2.38. The van der Waals surface area contributed by atoms with Crippen molar-refractivity contribution in [1.82, 2.24) is 14.9 Å². The Kier molecular flexibility index (Phi) is 5.86. The Bertz CT molecular complexity index is 950. The maximum atomic E-state index is 11.9. The second-order valence-electron chi connectivity index (χ2n) is 8.48. The van der Waals surface area contributed by atoms with Gasteiger partial charge in [0.05, 0.1) is 6.61 Å². The third-order valence-corrected chi connectivity index (χ3v) is 6.63. The number of nitrogens with zero attached hydrogens (tertiary/aromatic N) is 4. The Morgan fingerprint density at radius 3 is 2.70 bits per heavy atom. The summed E-state index contributed by atoms with van der Waals surface area (Å²) in [6, 6.07) is 6.26. The minimum Gasteiger partial charge on any atom is -0.392 e. The van der Waals surface area contributed by atoms with Crippen LogP contribution in [0.2, 0.25) is 0 Å². The monoisotopic (exact) mass is 406 g/mol. The van der Waals surface area contributed by atoms with E-state index in [4.69, 9.17) is 0 Å². The molecular weight excluding hydrogens is 376 g/mol. The average molecular weight is 407 g/mol. The quantitative estimate of drug-likeness (QED) is 0.791. The summed E-state index contributed by atoms with van der Waals surface area (Å²) in [6.07, 6.45) is 4.89. The maximum Gasteiger partial charge on any atom is 0.246 e. The van der Waals surface area contributed by atoms with Gasteiger partial charge in [-0.25, -0.2) is 9.97 Å². The van der Waals surface area contributed by atoms with E-state index in [1.807, 2.05) is 11.0 Å². The fourth-order valence-corrected chi connectivity index (χ4v) is 4.84. The Labute approximate surface area is 178 Å². The third kappa shape index (κ3) is 3.84. The molecule has 158 valence electrons. The zero-order valence-corrected chi connectivity index (χ0v) is 17.8. The molecule has 1 aromatic carbocycles. The molecule has 2 heterocycles. The normalized spacial score (nSPS) is 21.3. The van der Waals surface area contributed by atoms with Crippen LogP contribution in [0.3, 0.4) is 0 Å². The number of rotatable bonds is 4. The first-order valence-electron chi connectivity index (χ1n) is 10.7. The number of anilines is 1. The smallest absolute Gasteiger partial charge is 0.246 e. The van der Waals surface area contributed by atoms with Gasteiger partial charge in [0, 0.05) is 37.4 Å². The van der Waals surface area contributed by atoms with Gasteiger partial charge in [-0.1, -0.05) is 31.7 Å². The average Bonchev–Trinajstić information content (AvgIpc) is 2.78. The highest BCUT2D eigenvalue weighted by Gasteiger charge is 2.32. The van der Waals surface area contributed by atoms with Crippen LogP contribution in [-0.4, -0.2) is 52.1 Å². The van der Waals surface area contributed by atoms with Crippen LogP contribution in [0.4, 0.5) is 5.82 Å². The van der Waals surface area contributed by atoms with E-state index in [-0.39, 0.29) is 12.5 Å². The van der Waals surface area contributed by atoms with Gasteiger partial charge in [0.15, 0.2) is 0 Å². The first kappa shape index (κ1) is 20.5. The van der Waals surface area contributed by atoms with Gasteiger partial charge in [-0.05, 0) is 54.4 Å². The van der Waals surface area contributed by atoms with Crippen molar-refractivity contribution in [2.24, 2.45) is 5.92 Å². The van der Waals surface area contributed by atoms with E-state index < -0.39 is 0 Å². The molecule has 0 saturated carbocycles. The molecule has 4 rings (SSSR count). The van der Waals surface area contributed by atoms with Crippen LogP contribution >= 0.6 is 0 Å². The van der Waals surface area contributed by atoms with Crippen molar-refractivity contribution in [3.8, 4) is 0 Å². The molecule has 1 aliphatic carbocycles. The number of carbonyl (C=O) groups excluding carboxylic acids is 1. The van der Waals surface area contributed by atoms with Gasteiger partial charge in [0.25, 0.3) is 0 Å². The molecule has 1 saturated heterocycles. The van der Waals surface area contributed by atoms with Gasteiger partial charge in [-0.15, -0.1) is 0 Å². The summed E-state index contributed by atoms with van der Waals surface area (Å²) < 4.78 is 0. The lowest BCUT2D eigenvalue weighted by Crippen LogP contribution is -2.49. The zero-order chi connectivity index (χ0) is 21.3. The van der Waals surface area contributed by atoms with E-state index in [1.165, 1.54) is 22.8 Å². The standard InChI is InChI=1S/C24H30N4O2/c1-4-23(30)27-7-9-28(10-8-27)24-21-11-17(3)20(13-22(21)25-15-26-24)19-12-18(14-29)6-5-16(19)2/h4-6,12,15,17,20,29H,1,7-11,13-14H2,2-3H3. The molecule has 1 N–H and O–H groups in total. The summed E-state index contributed by atoms with van der Waals surface area (Å²) >= 11 is 0. The van der Waals surface area contributed by atoms with Crippen LogP contribution in [-0.2, 0) is 24.2 Å². The topological polar surface area (TPSA) is 69.6 Å². The summed E-state index contributed by atoms with van der Waals surface area (Å²) in [5, 5.41) is 9.57. The Balaban J connectivity index is 1.58. The fourth-order valence-electron chi connectivity index (χ4n) is 4.84. The molecule has 2 aromatic rings. The van der Waals surface area contributed by atoms with Crippen LogP contribution in [0.15, 0.2) is 37.2 Å². The van der Waals surface area contributed by atoms with E-state index in [1.54, 1.807) is 6.33 Å². The van der Waals surface area contributed by atoms with Crippen LogP contribution in [0.25, 0.3) is 0 Å². The van der Waals surface area contributed by atoms with Crippen LogP contribution in [0.1, 0.15) is 40.8 Å². The zero-order valence-electron chi connectivity index (χ0n) is 17.8. The van der Waals surface area contributed by atoms with Crippen molar-refractivity contribution in [3.63, 3.8) is 0 Å². The van der Waals surface area contributed by atoms with Crippen molar-refractivity contribution >= 4 is 11.7 Å². The molecule has 2 aliphatic rings. The first-order chi connectivity index (χ1) is 14.5. The Morgan fingerprint density at radius 2 is 2.00 bits per heavy atom. The van der Waals surface area contributed by atoms with Gasteiger partial charge >= 0.3 is 0 Å². The number of fused-ring (bicyclic) bond motifs is 1. The fraction of sp³-hybridized carbons (Fsp3) is 0.458. The molecule has 6 heteroatoms. The van der Waals surface area contributed by atoms with Gasteiger partial charge in [-0.3, -0.25) is 4.79 Å². The van der Waals surface area contributed by atoms with Crippen molar-refractivity contribution in [2.45, 2.75) is 39.2 Å². The second-order valence-corrected chi connectivity index (χ2v) is 8.48. The van der Waals surface area contributed by atoms with E-state index in [0.29, 0.717) is 24.9 Å². The number of benzene rings is 1. The highest BCUT2D eigenvalue weighted by Crippen LogP contribution is 2.40. The number of piperazine rings is 1. The summed E-state index contributed by atoms with van der Waals surface area (Å²) in [4.78, 5) is 25.3. The molecule has 1 fully saturated rings. The summed E-state index contributed by atoms with van der Waals surface area (Å²) in [5.74, 6) is 1.86. The lowest BCUT2D eigenvalue weighted by atomic mass is 9.74. The van der Waals surface area contributed by atoms with Crippen LogP contribution in [0.5, 0.6) is 0 Å². The van der Waals surface area contributed by atoms with E-state index in [2.05, 4.69) is 47.4 Å². The predicted molar refractivity (Wildman–Crippen MR) is 117 cm³/mol. The summed E-state index contributed by atoms with van der Waals surface area (Å²) in [7, 11) is 0. The Hall–Kier alpha value is -2.73. The number of aliphatic hydroxyl groups is 1. The second kappa shape index (κ2) is 8.56. The number of hydrogen-bond acceptors (Lipinski definition) is 5. The van der Waals surface area contributed by atoms with Crippen LogP contribution < -0.4 is 4.90 Å². The number of aromatic nitrogens is 2. The van der Waals surface area contributed by atoms with Gasteiger partial charge in [-0.2, -0.15) is 0 Å². The molecule has 30 heavy (non-hydrogen) atoms. The van der Waals surface area contributed by atoms with Crippen molar-refractivity contribution < 1.29 is 9.90 Å². The third-order valence-electron chi connectivity index (χ3n) is 6.63. The lowest BCUT2D eigenvalue weighted by molar-refractivity contribution is -0.126. The van der Waals surface area contributed by atoms with Crippen molar-refractivity contribution in [2.75, 3.05) is 31.1 Å². The minimum absolute atomic E-state index is 0.00342. The predicted octanol–water partition coefficient (Wildman–Crippen LogP) is 2.63. The molecule has 2 atom stereocenters. The Morgan fingerprint density at radius 1 is 1.23 bits per heavy atom. The number of hydrogen-bond donors (Lipinski definition) is 1. The van der Waals surface area contributed by atoms with E-state index >= 15 is 0 Å². The summed E-state index contributed by atoms with van der Waals surface area (Å²) in [6.45, 7) is 11.0. The minimum atomic E-state index is -0.00342. The number of carbonyl (C=O) groups is 1. The largest absolute Gasteiger partial charge is 0.392 e. The SMILES string of the molecule is C=CC(=O)N1CCN(c2ncnc3c2CC(C)C(c2cc(CO)ccc2C)C3)CC1. The molecular formula is C24H30N4O2. The highest BCUT2D eigenvalue weighted by atomic mass is 16.3. The molecule has 0 spiro atoms. The maximum absolute atomic E-state index is 11.9. The number of amides is 1. The molecule has 6 nitrogen and oxygen atoms in total. The van der Waals surface area contributed by atoms with Gasteiger partial charge in [0.2, 0.25) is 5.91 Å². The van der Waals surface area contributed by atoms with Crippen molar-refractivity contribution in [3.05, 3.63) is 65.1 Å². The first-order valence-corrected chi connectivity index (χ1v) is 10.7. The number of aliphatic hydroxyl groups excluding tert-OH is 1. The number of aryl methyl sites for hydroxylation is 1. The highest BCUT2D eigenvalue weighted by molar-refractivity contribution is 5.87. The molecule has 0 bridgehead atoms. The van der Waals surface area contributed by atoms with Gasteiger partial charge in [0.1, 0.15) is 12.1 Å². The summed E-state index contributed by atoms with van der Waals surface area (Å²) in [5.41, 5.74) is 5.92. The molecule has 0 radical (unpaired) electrons. The molecule has 1 aromatic heterocycles. The molecule has 1 amide bonds. The van der Waals surface area contributed by atoms with E-state index in [0.717, 1.165) is 43.0 Å².